The summed E-state index contributed by atoms with van der Waals surface area (Å²) in [5, 5.41) is 0. The Hall–Kier alpha value is -1.78. The molecule has 5 nitrogen and oxygen atoms in total. The van der Waals surface area contributed by atoms with Crippen LogP contribution in [0.4, 0.5) is 11.6 Å². The van der Waals surface area contributed by atoms with Crippen LogP contribution in [0.1, 0.15) is 12.8 Å². The van der Waals surface area contributed by atoms with Crippen molar-refractivity contribution in [3.05, 3.63) is 18.2 Å². The smallest absolute Gasteiger partial charge is 0.242 e. The molecule has 0 aromatic carbocycles. The van der Waals surface area contributed by atoms with Crippen molar-refractivity contribution < 1.29 is 4.79 Å². The van der Waals surface area contributed by atoms with Gasteiger partial charge in [-0.25, -0.2) is 4.98 Å². The van der Waals surface area contributed by atoms with Gasteiger partial charge < -0.3 is 15.5 Å². The Morgan fingerprint density at radius 2 is 2.18 bits per heavy atom. The van der Waals surface area contributed by atoms with Crippen LogP contribution in [0.5, 0.6) is 0 Å². The van der Waals surface area contributed by atoms with Crippen LogP contribution in [0.25, 0.3) is 0 Å². The topological polar surface area (TPSA) is 62.5 Å². The lowest BCUT2D eigenvalue weighted by Gasteiger charge is -2.22. The number of nitrogens with zero attached hydrogens (tertiary/aromatic N) is 3. The van der Waals surface area contributed by atoms with E-state index in [0.29, 0.717) is 12.4 Å². The van der Waals surface area contributed by atoms with Crippen LogP contribution in [0.3, 0.4) is 0 Å². The number of hydrogen-bond acceptors (Lipinski definition) is 4. The van der Waals surface area contributed by atoms with Gasteiger partial charge in [0.1, 0.15) is 11.6 Å². The van der Waals surface area contributed by atoms with Gasteiger partial charge in [-0.2, -0.15) is 0 Å². The van der Waals surface area contributed by atoms with Crippen LogP contribution < -0.4 is 10.6 Å². The summed E-state index contributed by atoms with van der Waals surface area (Å²) in [6.07, 6.45) is 2.23. The molecular formula is C12H18N4O. The van der Waals surface area contributed by atoms with E-state index in [1.807, 2.05) is 29.0 Å². The summed E-state index contributed by atoms with van der Waals surface area (Å²) in [4.78, 5) is 19.9. The maximum atomic E-state index is 11.9. The van der Waals surface area contributed by atoms with Gasteiger partial charge in [-0.15, -0.1) is 0 Å². The molecule has 17 heavy (non-hydrogen) atoms. The Balaban J connectivity index is 1.96. The fourth-order valence-electron chi connectivity index (χ4n) is 2.00. The molecule has 92 valence electrons. The molecule has 2 N–H and O–H groups in total. The minimum absolute atomic E-state index is 0.161. The zero-order valence-electron chi connectivity index (χ0n) is 10.1. The van der Waals surface area contributed by atoms with Crippen molar-refractivity contribution in [3.8, 4) is 0 Å². The van der Waals surface area contributed by atoms with Crippen molar-refractivity contribution >= 4 is 17.5 Å². The molecule has 1 saturated heterocycles. The van der Waals surface area contributed by atoms with Crippen LogP contribution in [0, 0.1) is 0 Å². The first-order valence-corrected chi connectivity index (χ1v) is 5.88. The summed E-state index contributed by atoms with van der Waals surface area (Å²) in [6.45, 7) is 2.13. The molecular weight excluding hydrogens is 216 g/mol. The SMILES string of the molecule is CN(CC(=O)N1CCCC1)c1cccc(N)n1. The van der Waals surface area contributed by atoms with Crippen LogP contribution in [-0.4, -0.2) is 42.5 Å². The van der Waals surface area contributed by atoms with Crippen LogP contribution >= 0.6 is 0 Å². The molecule has 0 spiro atoms. The van der Waals surface area contributed by atoms with Crippen molar-refractivity contribution in [2.75, 3.05) is 37.3 Å². The second kappa shape index (κ2) is 5.03. The number of likely N-dealkylation sites (tertiary alicyclic amines) is 1. The zero-order valence-corrected chi connectivity index (χ0v) is 10.1. The Morgan fingerprint density at radius 1 is 1.47 bits per heavy atom. The van der Waals surface area contributed by atoms with Crippen molar-refractivity contribution in [3.63, 3.8) is 0 Å². The Kier molecular flexibility index (Phi) is 3.46. The molecule has 0 bridgehead atoms. The number of amides is 1. The normalized spacial score (nSPS) is 15.0. The van der Waals surface area contributed by atoms with Crippen LogP contribution in [0.2, 0.25) is 0 Å². The Morgan fingerprint density at radius 3 is 2.82 bits per heavy atom. The zero-order chi connectivity index (χ0) is 12.3. The van der Waals surface area contributed by atoms with Gasteiger partial charge in [0.25, 0.3) is 0 Å². The van der Waals surface area contributed by atoms with E-state index in [1.165, 1.54) is 0 Å². The minimum atomic E-state index is 0.161. The van der Waals surface area contributed by atoms with Gasteiger partial charge >= 0.3 is 0 Å². The lowest BCUT2D eigenvalue weighted by molar-refractivity contribution is -0.128. The van der Waals surface area contributed by atoms with E-state index in [0.717, 1.165) is 31.7 Å². The number of likely N-dealkylation sites (N-methyl/N-ethyl adjacent to an activating group) is 1. The van der Waals surface area contributed by atoms with E-state index >= 15 is 0 Å². The number of hydrogen-bond donors (Lipinski definition) is 1. The van der Waals surface area contributed by atoms with Crippen molar-refractivity contribution in [2.45, 2.75) is 12.8 Å². The number of aromatic nitrogens is 1. The summed E-state index contributed by atoms with van der Waals surface area (Å²) in [5.41, 5.74) is 5.62. The summed E-state index contributed by atoms with van der Waals surface area (Å²) in [5.74, 6) is 1.37. The molecule has 1 aliphatic rings. The van der Waals surface area contributed by atoms with E-state index in [1.54, 1.807) is 6.07 Å². The monoisotopic (exact) mass is 234 g/mol. The molecule has 1 aromatic heterocycles. The molecule has 1 fully saturated rings. The molecule has 1 amide bonds. The van der Waals surface area contributed by atoms with Gasteiger partial charge in [0, 0.05) is 20.1 Å². The molecule has 1 aromatic rings. The summed E-state index contributed by atoms with van der Waals surface area (Å²) >= 11 is 0. The van der Waals surface area contributed by atoms with Crippen molar-refractivity contribution in [1.29, 1.82) is 0 Å². The molecule has 0 radical (unpaired) electrons. The largest absolute Gasteiger partial charge is 0.384 e. The number of nitrogens with two attached hydrogens (primary N) is 1. The fourth-order valence-corrected chi connectivity index (χ4v) is 2.00. The van der Waals surface area contributed by atoms with Gasteiger partial charge in [0.2, 0.25) is 5.91 Å². The first kappa shape index (κ1) is 11.7. The maximum Gasteiger partial charge on any atom is 0.242 e. The molecule has 2 rings (SSSR count). The van der Waals surface area contributed by atoms with E-state index in [9.17, 15) is 4.79 Å². The highest BCUT2D eigenvalue weighted by atomic mass is 16.2. The third-order valence-electron chi connectivity index (χ3n) is 2.98. The quantitative estimate of drug-likeness (QED) is 0.837. The molecule has 0 atom stereocenters. The Bertz CT molecular complexity index is 401. The molecule has 0 aliphatic carbocycles. The van der Waals surface area contributed by atoms with Gasteiger partial charge in [-0.3, -0.25) is 4.79 Å². The van der Waals surface area contributed by atoms with Crippen molar-refractivity contribution in [2.24, 2.45) is 0 Å². The highest BCUT2D eigenvalue weighted by Gasteiger charge is 2.19. The molecule has 1 aliphatic heterocycles. The number of carbonyl (C=O) groups is 1. The fraction of sp³-hybridized carbons (Fsp3) is 0.500. The van der Waals surface area contributed by atoms with Gasteiger partial charge in [-0.05, 0) is 25.0 Å². The van der Waals surface area contributed by atoms with Gasteiger partial charge in [0.15, 0.2) is 0 Å². The van der Waals surface area contributed by atoms with Gasteiger partial charge in [-0.1, -0.05) is 6.07 Å². The average molecular weight is 234 g/mol. The third-order valence-corrected chi connectivity index (χ3v) is 2.98. The molecule has 0 unspecified atom stereocenters. The average Bonchev–Trinajstić information content (AvgIpc) is 2.82. The predicted octanol–water partition coefficient (Wildman–Crippen LogP) is 0.722. The van der Waals surface area contributed by atoms with Gasteiger partial charge in [0.05, 0.1) is 6.54 Å². The van der Waals surface area contributed by atoms with E-state index < -0.39 is 0 Å². The second-order valence-electron chi connectivity index (χ2n) is 4.36. The Labute approximate surface area is 101 Å². The molecule has 0 saturated carbocycles. The van der Waals surface area contributed by atoms with E-state index in [2.05, 4.69) is 4.98 Å². The lowest BCUT2D eigenvalue weighted by Crippen LogP contribution is -2.37. The molecule has 2 heterocycles. The highest BCUT2D eigenvalue weighted by molar-refractivity contribution is 5.81. The lowest BCUT2D eigenvalue weighted by atomic mass is 10.4. The van der Waals surface area contributed by atoms with Crippen molar-refractivity contribution in [1.82, 2.24) is 9.88 Å². The summed E-state index contributed by atoms with van der Waals surface area (Å²) in [6, 6.07) is 5.43. The third kappa shape index (κ3) is 2.87. The number of pyridine rings is 1. The summed E-state index contributed by atoms with van der Waals surface area (Å²) < 4.78 is 0. The van der Waals surface area contributed by atoms with Crippen LogP contribution in [0.15, 0.2) is 18.2 Å². The van der Waals surface area contributed by atoms with Crippen LogP contribution in [-0.2, 0) is 4.79 Å². The van der Waals surface area contributed by atoms with E-state index in [-0.39, 0.29) is 5.91 Å². The van der Waals surface area contributed by atoms with E-state index in [4.69, 9.17) is 5.73 Å². The minimum Gasteiger partial charge on any atom is -0.384 e. The second-order valence-corrected chi connectivity index (χ2v) is 4.36. The maximum absolute atomic E-state index is 11.9. The number of nitrogen functional groups attached to an aromatic ring is 1. The summed E-state index contributed by atoms with van der Waals surface area (Å²) in [7, 11) is 1.86. The number of carbonyl (C=O) groups excluding carboxylic acids is 1. The first-order valence-electron chi connectivity index (χ1n) is 5.88. The molecule has 5 heteroatoms. The highest BCUT2D eigenvalue weighted by Crippen LogP contribution is 2.12. The number of rotatable bonds is 3. The number of anilines is 2. The first-order chi connectivity index (χ1) is 8.16. The predicted molar refractivity (Wildman–Crippen MR) is 67.7 cm³/mol. The standard InChI is InChI=1S/C12H18N4O/c1-15(11-6-4-5-10(13)14-11)9-12(17)16-7-2-3-8-16/h4-6H,2-3,7-9H2,1H3,(H2,13,14).